The maximum Gasteiger partial charge on any atom is 0.148 e. The number of fused-ring (bicyclic) bond motifs is 1. The topological polar surface area (TPSA) is 48.4 Å². The number of hydrogen-bond donors (Lipinski definition) is 1. The Morgan fingerprint density at radius 1 is 1.08 bits per heavy atom. The van der Waals surface area contributed by atoms with E-state index in [0.717, 1.165) is 86.6 Å². The van der Waals surface area contributed by atoms with Crippen LogP contribution in [0.1, 0.15) is 43.2 Å². The van der Waals surface area contributed by atoms with E-state index in [1.165, 1.54) is 0 Å². The van der Waals surface area contributed by atoms with E-state index in [2.05, 4.69) is 16.4 Å². The molecule has 0 radical (unpaired) electrons. The van der Waals surface area contributed by atoms with Gasteiger partial charge in [-0.25, -0.2) is 4.39 Å². The fourth-order valence-corrected chi connectivity index (χ4v) is 6.28. The summed E-state index contributed by atoms with van der Waals surface area (Å²) in [6.07, 6.45) is 9.47. The summed E-state index contributed by atoms with van der Waals surface area (Å²) in [5.74, 6) is 0.599. The lowest BCUT2D eigenvalue weighted by atomic mass is 10.0. The molecule has 37 heavy (non-hydrogen) atoms. The zero-order chi connectivity index (χ0) is 25.4. The molecule has 0 amide bonds. The highest BCUT2D eigenvalue weighted by atomic mass is 19.1. The van der Waals surface area contributed by atoms with Gasteiger partial charge in [-0.05, 0) is 80.6 Å². The van der Waals surface area contributed by atoms with Crippen molar-refractivity contribution in [2.24, 2.45) is 0 Å². The fraction of sp³-hybridized carbons (Fsp3) is 0.467. The van der Waals surface area contributed by atoms with Gasteiger partial charge in [-0.2, -0.15) is 0 Å². The summed E-state index contributed by atoms with van der Waals surface area (Å²) in [7, 11) is 0. The second-order valence-electron chi connectivity index (χ2n) is 10.6. The van der Waals surface area contributed by atoms with Crippen molar-refractivity contribution in [3.8, 4) is 5.75 Å². The molecule has 1 N–H and O–H groups in total. The average molecular weight is 506 g/mol. The Hall–Kier alpha value is -2.87. The van der Waals surface area contributed by atoms with Gasteiger partial charge in [-0.15, -0.1) is 0 Å². The summed E-state index contributed by atoms with van der Waals surface area (Å²) in [4.78, 5) is 6.50. The first-order valence-corrected chi connectivity index (χ1v) is 13.6. The molecule has 2 aromatic carbocycles. The molecule has 3 saturated heterocycles. The van der Waals surface area contributed by atoms with Crippen LogP contribution in [-0.2, 0) is 4.74 Å². The molecule has 0 spiro atoms. The van der Waals surface area contributed by atoms with Crippen molar-refractivity contribution in [2.45, 2.75) is 50.3 Å². The summed E-state index contributed by atoms with van der Waals surface area (Å²) in [6, 6.07) is 12.1. The lowest BCUT2D eigenvalue weighted by molar-refractivity contribution is 0.0679. The van der Waals surface area contributed by atoms with Crippen LogP contribution < -0.4 is 14.5 Å². The minimum Gasteiger partial charge on any atom is -0.491 e. The quantitative estimate of drug-likeness (QED) is 0.579. The van der Waals surface area contributed by atoms with Gasteiger partial charge in [0.15, 0.2) is 0 Å². The van der Waals surface area contributed by atoms with Gasteiger partial charge in [0.2, 0.25) is 0 Å². The molecule has 6 nitrogen and oxygen atoms in total. The van der Waals surface area contributed by atoms with E-state index in [0.29, 0.717) is 18.3 Å². The minimum absolute atomic E-state index is 0.180. The van der Waals surface area contributed by atoms with Crippen LogP contribution in [0.2, 0.25) is 0 Å². The van der Waals surface area contributed by atoms with Crippen molar-refractivity contribution in [2.75, 3.05) is 49.3 Å². The molecule has 4 heterocycles. The van der Waals surface area contributed by atoms with E-state index >= 15 is 4.39 Å². The fourth-order valence-electron chi connectivity index (χ4n) is 6.28. The highest BCUT2D eigenvalue weighted by Crippen LogP contribution is 2.37. The molecule has 3 unspecified atom stereocenters. The minimum atomic E-state index is -0.219. The Kier molecular flexibility index (Phi) is 6.93. The van der Waals surface area contributed by atoms with Gasteiger partial charge in [0, 0.05) is 61.0 Å². The molecular formula is C30H36FN3O3. The van der Waals surface area contributed by atoms with Crippen molar-refractivity contribution in [1.29, 1.82) is 0 Å². The van der Waals surface area contributed by atoms with E-state index in [4.69, 9.17) is 9.47 Å². The predicted molar refractivity (Wildman–Crippen MR) is 145 cm³/mol. The van der Waals surface area contributed by atoms with Crippen molar-refractivity contribution in [3.05, 3.63) is 66.1 Å². The number of aliphatic hydroxyl groups is 1. The molecule has 0 saturated carbocycles. The number of nitrogens with zero attached hydrogens (tertiary/aromatic N) is 3. The van der Waals surface area contributed by atoms with E-state index in [-0.39, 0.29) is 24.6 Å². The second kappa shape index (κ2) is 10.5. The highest BCUT2D eigenvalue weighted by molar-refractivity contribution is 5.89. The number of likely N-dealkylation sites (tertiary alicyclic amines) is 1. The zero-order valence-corrected chi connectivity index (χ0v) is 21.3. The molecule has 7 heteroatoms. The Morgan fingerprint density at radius 2 is 2.00 bits per heavy atom. The molecule has 0 aliphatic carbocycles. The molecule has 0 aromatic heterocycles. The zero-order valence-electron chi connectivity index (χ0n) is 21.3. The maximum absolute atomic E-state index is 15.4. The van der Waals surface area contributed by atoms with Gasteiger partial charge < -0.3 is 24.4 Å². The normalized spacial score (nSPS) is 25.8. The van der Waals surface area contributed by atoms with Crippen molar-refractivity contribution >= 4 is 23.1 Å². The van der Waals surface area contributed by atoms with Crippen molar-refractivity contribution < 1.29 is 19.0 Å². The van der Waals surface area contributed by atoms with E-state index in [1.54, 1.807) is 6.07 Å². The molecule has 6 rings (SSSR count). The number of hydrogen-bond acceptors (Lipinski definition) is 6. The third-order valence-corrected chi connectivity index (χ3v) is 8.30. The van der Waals surface area contributed by atoms with Crippen LogP contribution in [0.25, 0.3) is 11.8 Å². The Balaban J connectivity index is 1.13. The highest BCUT2D eigenvalue weighted by Gasteiger charge is 2.35. The molecule has 2 aromatic rings. The lowest BCUT2D eigenvalue weighted by Gasteiger charge is -2.30. The van der Waals surface area contributed by atoms with E-state index < -0.39 is 0 Å². The summed E-state index contributed by atoms with van der Waals surface area (Å²) >= 11 is 0. The first-order valence-electron chi connectivity index (χ1n) is 13.6. The molecular weight excluding hydrogens is 469 g/mol. The third kappa shape index (κ3) is 4.88. The SMILES string of the molecule is C=C1c2ccc(OCC3CCCO3)cc2C=CN1c1ccc(N2CCC(N3CCCC3CO)C2)c(F)c1. The summed E-state index contributed by atoms with van der Waals surface area (Å²) in [5, 5.41) is 9.70. The Morgan fingerprint density at radius 3 is 2.81 bits per heavy atom. The van der Waals surface area contributed by atoms with Crippen LogP contribution in [-0.4, -0.2) is 67.6 Å². The van der Waals surface area contributed by atoms with Crippen LogP contribution in [0, 0.1) is 5.82 Å². The van der Waals surface area contributed by atoms with Crippen LogP contribution in [0.5, 0.6) is 5.75 Å². The third-order valence-electron chi connectivity index (χ3n) is 8.30. The van der Waals surface area contributed by atoms with Gasteiger partial charge in [-0.3, -0.25) is 4.90 Å². The molecule has 4 aliphatic heterocycles. The number of anilines is 2. The molecule has 3 fully saturated rings. The maximum atomic E-state index is 15.4. The van der Waals surface area contributed by atoms with Gasteiger partial charge >= 0.3 is 0 Å². The number of aliphatic hydroxyl groups excluding tert-OH is 1. The summed E-state index contributed by atoms with van der Waals surface area (Å²) in [6.45, 7) is 8.56. The smallest absolute Gasteiger partial charge is 0.148 e. The largest absolute Gasteiger partial charge is 0.491 e. The van der Waals surface area contributed by atoms with Gasteiger partial charge in [0.25, 0.3) is 0 Å². The average Bonchev–Trinajstić information content (AvgIpc) is 3.69. The van der Waals surface area contributed by atoms with E-state index in [1.807, 2.05) is 47.5 Å². The number of halogens is 1. The van der Waals surface area contributed by atoms with Crippen molar-refractivity contribution in [3.63, 3.8) is 0 Å². The predicted octanol–water partition coefficient (Wildman–Crippen LogP) is 4.88. The lowest BCUT2D eigenvalue weighted by Crippen LogP contribution is -2.42. The Labute approximate surface area is 218 Å². The van der Waals surface area contributed by atoms with Gasteiger partial charge in [0.1, 0.15) is 18.2 Å². The standard InChI is InChI=1S/C30H36FN3O3/c1-21-28-8-7-26(37-20-27-5-3-15-36-27)16-22(28)10-14-33(21)23-6-9-30(29(31)17-23)32-13-11-24(18-32)34-12-2-4-25(34)19-35/h6-10,14,16-17,24-25,27,35H,1-5,11-13,15,18-20H2. The summed E-state index contributed by atoms with van der Waals surface area (Å²) in [5.41, 5.74) is 4.24. The first-order chi connectivity index (χ1) is 18.1. The van der Waals surface area contributed by atoms with Crippen LogP contribution in [0.4, 0.5) is 15.8 Å². The Bertz CT molecular complexity index is 1180. The first kappa shape index (κ1) is 24.5. The van der Waals surface area contributed by atoms with Crippen LogP contribution in [0.3, 0.4) is 0 Å². The number of rotatable bonds is 7. The number of benzene rings is 2. The van der Waals surface area contributed by atoms with Crippen molar-refractivity contribution in [1.82, 2.24) is 4.90 Å². The number of ether oxygens (including phenoxy) is 2. The van der Waals surface area contributed by atoms with Crippen LogP contribution in [0.15, 0.2) is 49.2 Å². The monoisotopic (exact) mass is 505 g/mol. The molecule has 196 valence electrons. The molecule has 3 atom stereocenters. The van der Waals surface area contributed by atoms with Gasteiger partial charge in [0.05, 0.1) is 18.4 Å². The second-order valence-corrected chi connectivity index (χ2v) is 10.6. The van der Waals surface area contributed by atoms with Crippen LogP contribution >= 0.6 is 0 Å². The molecule has 4 aliphatic rings. The van der Waals surface area contributed by atoms with Gasteiger partial charge in [-0.1, -0.05) is 6.58 Å². The summed E-state index contributed by atoms with van der Waals surface area (Å²) < 4.78 is 27.0. The van der Waals surface area contributed by atoms with E-state index in [9.17, 15) is 5.11 Å². The molecule has 0 bridgehead atoms.